The van der Waals surface area contributed by atoms with E-state index in [0.717, 1.165) is 46.9 Å². The smallest absolute Gasteiger partial charge is 0.137 e. The summed E-state index contributed by atoms with van der Waals surface area (Å²) >= 11 is 3.47. The summed E-state index contributed by atoms with van der Waals surface area (Å²) in [6, 6.07) is 5.93. The average Bonchev–Trinajstić information content (AvgIpc) is 2.46. The van der Waals surface area contributed by atoms with Gasteiger partial charge < -0.3 is 10.4 Å². The van der Waals surface area contributed by atoms with E-state index in [2.05, 4.69) is 31.2 Å². The van der Waals surface area contributed by atoms with Crippen LogP contribution in [0.2, 0.25) is 0 Å². The van der Waals surface area contributed by atoms with Crippen LogP contribution >= 0.6 is 15.9 Å². The molecule has 2 aromatic rings. The number of hydrogen-bond donors (Lipinski definition) is 2. The van der Waals surface area contributed by atoms with Crippen LogP contribution in [0.5, 0.6) is 0 Å². The number of nitrogens with one attached hydrogen (secondary N) is 1. The molecule has 0 bridgehead atoms. The summed E-state index contributed by atoms with van der Waals surface area (Å²) in [6.07, 6.45) is 6.73. The number of aromatic nitrogens is 2. The van der Waals surface area contributed by atoms with E-state index < -0.39 is 5.60 Å². The number of nitrogens with zero attached hydrogens (tertiary/aromatic N) is 2. The molecule has 2 N–H and O–H groups in total. The molecule has 3 rings (SSSR count). The Labute approximate surface area is 126 Å². The molecule has 5 heteroatoms. The maximum Gasteiger partial charge on any atom is 0.137 e. The molecule has 1 aromatic carbocycles. The zero-order valence-corrected chi connectivity index (χ0v) is 12.9. The third-order valence-electron chi connectivity index (χ3n) is 3.97. The van der Waals surface area contributed by atoms with Crippen molar-refractivity contribution in [2.75, 3.05) is 11.9 Å². The van der Waals surface area contributed by atoms with Crippen LogP contribution < -0.4 is 5.32 Å². The van der Waals surface area contributed by atoms with Crippen LogP contribution in [0.3, 0.4) is 0 Å². The molecule has 1 saturated carbocycles. The molecular weight excluding hydrogens is 318 g/mol. The highest BCUT2D eigenvalue weighted by Gasteiger charge is 2.29. The Morgan fingerprint density at radius 2 is 2.00 bits per heavy atom. The van der Waals surface area contributed by atoms with Crippen molar-refractivity contribution in [1.29, 1.82) is 0 Å². The van der Waals surface area contributed by atoms with Crippen molar-refractivity contribution < 1.29 is 5.11 Å². The van der Waals surface area contributed by atoms with Gasteiger partial charge in [-0.3, -0.25) is 0 Å². The van der Waals surface area contributed by atoms with Gasteiger partial charge in [0.2, 0.25) is 0 Å². The van der Waals surface area contributed by atoms with Gasteiger partial charge in [0.15, 0.2) is 0 Å². The molecule has 1 aliphatic rings. The van der Waals surface area contributed by atoms with Crippen LogP contribution in [0.4, 0.5) is 5.82 Å². The predicted octanol–water partition coefficient (Wildman–Crippen LogP) is 3.50. The molecule has 106 valence electrons. The van der Waals surface area contributed by atoms with Crippen LogP contribution in [0.1, 0.15) is 32.1 Å². The molecule has 0 aliphatic heterocycles. The second kappa shape index (κ2) is 5.66. The van der Waals surface area contributed by atoms with Gasteiger partial charge in [-0.1, -0.05) is 35.2 Å². The normalized spacial score (nSPS) is 18.1. The van der Waals surface area contributed by atoms with Gasteiger partial charge in [0.25, 0.3) is 0 Å². The van der Waals surface area contributed by atoms with E-state index in [0.29, 0.717) is 6.54 Å². The van der Waals surface area contributed by atoms with Crippen LogP contribution in [-0.4, -0.2) is 27.2 Å². The molecule has 0 spiro atoms. The Morgan fingerprint density at radius 3 is 2.80 bits per heavy atom. The minimum Gasteiger partial charge on any atom is -0.388 e. The number of halogens is 1. The highest BCUT2D eigenvalue weighted by molar-refractivity contribution is 9.10. The quantitative estimate of drug-likeness (QED) is 0.901. The van der Waals surface area contributed by atoms with E-state index in [1.807, 2.05) is 18.2 Å². The van der Waals surface area contributed by atoms with Crippen molar-refractivity contribution >= 4 is 32.7 Å². The van der Waals surface area contributed by atoms with E-state index in [1.165, 1.54) is 6.42 Å². The van der Waals surface area contributed by atoms with Crippen LogP contribution in [0, 0.1) is 0 Å². The first kappa shape index (κ1) is 13.8. The summed E-state index contributed by atoms with van der Waals surface area (Å²) in [7, 11) is 0. The average molecular weight is 336 g/mol. The van der Waals surface area contributed by atoms with Crippen molar-refractivity contribution in [1.82, 2.24) is 9.97 Å². The second-order valence-corrected chi connectivity index (χ2v) is 6.44. The molecule has 1 fully saturated rings. The molecule has 0 saturated heterocycles. The SMILES string of the molecule is OC1(CNc2ncnc3ccc(Br)cc23)CCCCC1. The van der Waals surface area contributed by atoms with Crippen LogP contribution in [0.25, 0.3) is 10.9 Å². The van der Waals surface area contributed by atoms with Gasteiger partial charge in [-0.05, 0) is 31.0 Å². The molecule has 20 heavy (non-hydrogen) atoms. The molecule has 0 unspecified atom stereocenters. The van der Waals surface area contributed by atoms with Gasteiger partial charge in [0.05, 0.1) is 11.1 Å². The zero-order valence-electron chi connectivity index (χ0n) is 11.3. The van der Waals surface area contributed by atoms with Crippen LogP contribution in [-0.2, 0) is 0 Å². The fraction of sp³-hybridized carbons (Fsp3) is 0.467. The maximum atomic E-state index is 10.5. The zero-order chi connectivity index (χ0) is 14.0. The van der Waals surface area contributed by atoms with Crippen molar-refractivity contribution in [3.05, 3.63) is 29.0 Å². The van der Waals surface area contributed by atoms with E-state index in [-0.39, 0.29) is 0 Å². The summed E-state index contributed by atoms with van der Waals surface area (Å²) in [4.78, 5) is 8.57. The third kappa shape index (κ3) is 2.94. The Morgan fingerprint density at radius 1 is 1.20 bits per heavy atom. The second-order valence-electron chi connectivity index (χ2n) is 5.52. The van der Waals surface area contributed by atoms with Crippen molar-refractivity contribution in [2.24, 2.45) is 0 Å². The van der Waals surface area contributed by atoms with E-state index >= 15 is 0 Å². The number of fused-ring (bicyclic) bond motifs is 1. The van der Waals surface area contributed by atoms with Gasteiger partial charge in [-0.15, -0.1) is 0 Å². The molecular formula is C15H18BrN3O. The van der Waals surface area contributed by atoms with Crippen LogP contribution in [0.15, 0.2) is 29.0 Å². The van der Waals surface area contributed by atoms with Crippen molar-refractivity contribution in [3.8, 4) is 0 Å². The molecule has 0 atom stereocenters. The Balaban J connectivity index is 1.82. The summed E-state index contributed by atoms with van der Waals surface area (Å²) in [5, 5.41) is 14.8. The Hall–Kier alpha value is -1.20. The molecule has 1 aliphatic carbocycles. The van der Waals surface area contributed by atoms with E-state index in [1.54, 1.807) is 6.33 Å². The molecule has 0 amide bonds. The molecule has 4 nitrogen and oxygen atoms in total. The molecule has 0 radical (unpaired) electrons. The minimum absolute atomic E-state index is 0.547. The number of anilines is 1. The summed E-state index contributed by atoms with van der Waals surface area (Å²) in [5.74, 6) is 0.787. The lowest BCUT2D eigenvalue weighted by molar-refractivity contribution is 0.0167. The molecule has 1 heterocycles. The van der Waals surface area contributed by atoms with Gasteiger partial charge in [0.1, 0.15) is 12.1 Å². The molecule has 1 aromatic heterocycles. The van der Waals surface area contributed by atoms with Crippen molar-refractivity contribution in [3.63, 3.8) is 0 Å². The maximum absolute atomic E-state index is 10.5. The summed E-state index contributed by atoms with van der Waals surface area (Å²) in [5.41, 5.74) is 0.308. The number of benzene rings is 1. The van der Waals surface area contributed by atoms with Gasteiger partial charge in [-0.2, -0.15) is 0 Å². The first-order valence-corrected chi connectivity index (χ1v) is 7.82. The first-order valence-electron chi connectivity index (χ1n) is 7.03. The van der Waals surface area contributed by atoms with Gasteiger partial charge >= 0.3 is 0 Å². The lowest BCUT2D eigenvalue weighted by Gasteiger charge is -2.32. The van der Waals surface area contributed by atoms with Gasteiger partial charge in [0, 0.05) is 16.4 Å². The fourth-order valence-electron chi connectivity index (χ4n) is 2.80. The minimum atomic E-state index is -0.596. The standard InChI is InChI=1S/C15H18BrN3O/c16-11-4-5-13-12(8-11)14(19-10-18-13)17-9-15(20)6-2-1-3-7-15/h4-5,8,10,20H,1-3,6-7,9H2,(H,17,18,19). The topological polar surface area (TPSA) is 58.0 Å². The Bertz CT molecular complexity index is 611. The van der Waals surface area contributed by atoms with E-state index in [9.17, 15) is 5.11 Å². The largest absolute Gasteiger partial charge is 0.388 e. The predicted molar refractivity (Wildman–Crippen MR) is 83.8 cm³/mol. The summed E-state index contributed by atoms with van der Waals surface area (Å²) < 4.78 is 0.999. The lowest BCUT2D eigenvalue weighted by atomic mass is 9.85. The first-order chi connectivity index (χ1) is 9.66. The summed E-state index contributed by atoms with van der Waals surface area (Å²) in [6.45, 7) is 0.547. The lowest BCUT2D eigenvalue weighted by Crippen LogP contribution is -2.39. The van der Waals surface area contributed by atoms with Gasteiger partial charge in [-0.25, -0.2) is 9.97 Å². The monoisotopic (exact) mass is 335 g/mol. The third-order valence-corrected chi connectivity index (χ3v) is 4.46. The van der Waals surface area contributed by atoms with Crippen molar-refractivity contribution in [2.45, 2.75) is 37.7 Å². The number of hydrogen-bond acceptors (Lipinski definition) is 4. The fourth-order valence-corrected chi connectivity index (χ4v) is 3.17. The number of rotatable bonds is 3. The highest BCUT2D eigenvalue weighted by Crippen LogP contribution is 2.29. The number of aliphatic hydroxyl groups is 1. The Kier molecular flexibility index (Phi) is 3.89. The highest BCUT2D eigenvalue weighted by atomic mass is 79.9. The van der Waals surface area contributed by atoms with E-state index in [4.69, 9.17) is 0 Å².